The normalized spacial score (nSPS) is 11.2. The summed E-state index contributed by atoms with van der Waals surface area (Å²) in [6.07, 6.45) is 11.2. The number of imidazole rings is 1. The third-order valence-corrected chi connectivity index (χ3v) is 3.61. The number of carbonyl (C=O) groups is 1. The SMILES string of the molecule is CC(C)=CCC/C(C)=C/COc1ccc(C(=O)n2ccnc2)cc1. The van der Waals surface area contributed by atoms with Crippen molar-refractivity contribution in [2.45, 2.75) is 33.6 Å². The molecule has 2 rings (SSSR count). The minimum absolute atomic E-state index is 0.103. The van der Waals surface area contributed by atoms with E-state index in [2.05, 4.69) is 37.9 Å². The van der Waals surface area contributed by atoms with Gasteiger partial charge in [-0.15, -0.1) is 0 Å². The first kappa shape index (κ1) is 17.7. The molecule has 4 nitrogen and oxygen atoms in total. The molecule has 0 N–H and O–H groups in total. The van der Waals surface area contributed by atoms with Crippen molar-refractivity contribution < 1.29 is 9.53 Å². The minimum Gasteiger partial charge on any atom is -0.490 e. The summed E-state index contributed by atoms with van der Waals surface area (Å²) in [5, 5.41) is 0. The smallest absolute Gasteiger partial charge is 0.263 e. The van der Waals surface area contributed by atoms with Crippen LogP contribution in [-0.4, -0.2) is 22.1 Å². The van der Waals surface area contributed by atoms with Crippen molar-refractivity contribution in [2.24, 2.45) is 0 Å². The second-order valence-corrected chi connectivity index (χ2v) is 5.98. The number of nitrogens with zero attached hydrogens (tertiary/aromatic N) is 2. The van der Waals surface area contributed by atoms with Gasteiger partial charge in [0.1, 0.15) is 18.7 Å². The predicted molar refractivity (Wildman–Crippen MR) is 96.3 cm³/mol. The highest BCUT2D eigenvalue weighted by atomic mass is 16.5. The Labute approximate surface area is 143 Å². The van der Waals surface area contributed by atoms with Gasteiger partial charge in [0, 0.05) is 18.0 Å². The standard InChI is InChI=1S/C20H24N2O2/c1-16(2)5-4-6-17(3)11-14-24-19-9-7-18(8-10-19)20(23)22-13-12-21-15-22/h5,7-13,15H,4,6,14H2,1-3H3/b17-11+. The fourth-order valence-electron chi connectivity index (χ4n) is 2.19. The lowest BCUT2D eigenvalue weighted by atomic mass is 10.1. The van der Waals surface area contributed by atoms with Crippen molar-refractivity contribution in [3.8, 4) is 5.75 Å². The van der Waals surface area contributed by atoms with Crippen LogP contribution < -0.4 is 4.74 Å². The maximum atomic E-state index is 12.1. The molecule has 0 aliphatic rings. The molecule has 2 aromatic rings. The van der Waals surface area contributed by atoms with E-state index in [-0.39, 0.29) is 5.91 Å². The van der Waals surface area contributed by atoms with Crippen molar-refractivity contribution in [3.05, 3.63) is 71.8 Å². The Morgan fingerprint density at radius 2 is 1.92 bits per heavy atom. The minimum atomic E-state index is -0.103. The molecule has 126 valence electrons. The molecular weight excluding hydrogens is 300 g/mol. The summed E-state index contributed by atoms with van der Waals surface area (Å²) in [4.78, 5) is 16.0. The molecule has 24 heavy (non-hydrogen) atoms. The molecule has 0 unspecified atom stereocenters. The number of ether oxygens (including phenoxy) is 1. The van der Waals surface area contributed by atoms with Crippen molar-refractivity contribution in [1.29, 1.82) is 0 Å². The summed E-state index contributed by atoms with van der Waals surface area (Å²) in [7, 11) is 0. The number of carbonyl (C=O) groups excluding carboxylic acids is 1. The van der Waals surface area contributed by atoms with Crippen LogP contribution in [-0.2, 0) is 0 Å². The number of benzene rings is 1. The van der Waals surface area contributed by atoms with Gasteiger partial charge in [-0.2, -0.15) is 0 Å². The fourth-order valence-corrected chi connectivity index (χ4v) is 2.19. The van der Waals surface area contributed by atoms with E-state index in [1.807, 2.05) is 12.1 Å². The van der Waals surface area contributed by atoms with Gasteiger partial charge < -0.3 is 4.74 Å². The van der Waals surface area contributed by atoms with Gasteiger partial charge in [-0.05, 0) is 64.0 Å². The number of hydrogen-bond donors (Lipinski definition) is 0. The second kappa shape index (κ2) is 8.87. The Balaban J connectivity index is 1.84. The number of aromatic nitrogens is 2. The Bertz CT molecular complexity index is 707. The van der Waals surface area contributed by atoms with Gasteiger partial charge in [-0.1, -0.05) is 17.2 Å². The third kappa shape index (κ3) is 5.54. The molecule has 0 aliphatic heterocycles. The molecule has 0 saturated carbocycles. The van der Waals surface area contributed by atoms with Crippen LogP contribution in [0.5, 0.6) is 5.75 Å². The zero-order chi connectivity index (χ0) is 17.4. The maximum Gasteiger partial charge on any atom is 0.263 e. The van der Waals surface area contributed by atoms with E-state index in [1.165, 1.54) is 22.0 Å². The zero-order valence-corrected chi connectivity index (χ0v) is 14.5. The molecule has 1 aromatic carbocycles. The molecule has 1 heterocycles. The average molecular weight is 324 g/mol. The molecule has 0 aliphatic carbocycles. The van der Waals surface area contributed by atoms with E-state index in [9.17, 15) is 4.79 Å². The summed E-state index contributed by atoms with van der Waals surface area (Å²) < 4.78 is 7.16. The quantitative estimate of drug-likeness (QED) is 0.697. The molecule has 4 heteroatoms. The Morgan fingerprint density at radius 1 is 1.17 bits per heavy atom. The topological polar surface area (TPSA) is 44.1 Å². The van der Waals surface area contributed by atoms with E-state index < -0.39 is 0 Å². The van der Waals surface area contributed by atoms with Crippen LogP contribution in [0.4, 0.5) is 0 Å². The molecular formula is C20H24N2O2. The fraction of sp³-hybridized carbons (Fsp3) is 0.300. The van der Waals surface area contributed by atoms with E-state index in [0.717, 1.165) is 18.6 Å². The molecule has 0 amide bonds. The van der Waals surface area contributed by atoms with Gasteiger partial charge in [0.05, 0.1) is 0 Å². The van der Waals surface area contributed by atoms with E-state index in [1.54, 1.807) is 24.5 Å². The highest BCUT2D eigenvalue weighted by Gasteiger charge is 2.07. The highest BCUT2D eigenvalue weighted by Crippen LogP contribution is 2.14. The van der Waals surface area contributed by atoms with E-state index in [0.29, 0.717) is 12.2 Å². The molecule has 0 spiro atoms. The first-order valence-corrected chi connectivity index (χ1v) is 8.11. The summed E-state index contributed by atoms with van der Waals surface area (Å²) in [5.74, 6) is 0.652. The van der Waals surface area contributed by atoms with Crippen LogP contribution in [0.25, 0.3) is 0 Å². The largest absolute Gasteiger partial charge is 0.490 e. The third-order valence-electron chi connectivity index (χ3n) is 3.61. The highest BCUT2D eigenvalue weighted by molar-refractivity contribution is 5.95. The van der Waals surface area contributed by atoms with Gasteiger partial charge in [0.2, 0.25) is 0 Å². The summed E-state index contributed by atoms with van der Waals surface area (Å²) in [6, 6.07) is 7.17. The van der Waals surface area contributed by atoms with Gasteiger partial charge in [-0.25, -0.2) is 4.98 Å². The average Bonchev–Trinajstić information content (AvgIpc) is 3.09. The summed E-state index contributed by atoms with van der Waals surface area (Å²) in [5.41, 5.74) is 3.28. The van der Waals surface area contributed by atoms with Crippen molar-refractivity contribution in [3.63, 3.8) is 0 Å². The molecule has 1 aromatic heterocycles. The van der Waals surface area contributed by atoms with Crippen LogP contribution >= 0.6 is 0 Å². The van der Waals surface area contributed by atoms with E-state index in [4.69, 9.17) is 4.74 Å². The van der Waals surface area contributed by atoms with Crippen LogP contribution in [0.2, 0.25) is 0 Å². The Hall–Kier alpha value is -2.62. The number of rotatable bonds is 7. The predicted octanol–water partition coefficient (Wildman–Crippen LogP) is 4.64. The van der Waals surface area contributed by atoms with E-state index >= 15 is 0 Å². The zero-order valence-electron chi connectivity index (χ0n) is 14.5. The van der Waals surface area contributed by atoms with Gasteiger partial charge >= 0.3 is 0 Å². The maximum absolute atomic E-state index is 12.1. The molecule has 0 bridgehead atoms. The molecule has 0 saturated heterocycles. The van der Waals surface area contributed by atoms with Crippen LogP contribution in [0.15, 0.2) is 66.3 Å². The van der Waals surface area contributed by atoms with Crippen LogP contribution in [0.3, 0.4) is 0 Å². The number of hydrogen-bond acceptors (Lipinski definition) is 3. The van der Waals surface area contributed by atoms with Crippen molar-refractivity contribution in [2.75, 3.05) is 6.61 Å². The van der Waals surface area contributed by atoms with Gasteiger partial charge in [0.25, 0.3) is 5.91 Å². The Kier molecular flexibility index (Phi) is 6.55. The summed E-state index contributed by atoms with van der Waals surface area (Å²) in [6.45, 7) is 6.89. The first-order valence-electron chi connectivity index (χ1n) is 8.11. The molecule has 0 atom stereocenters. The number of allylic oxidation sites excluding steroid dienone is 3. The lowest BCUT2D eigenvalue weighted by Crippen LogP contribution is -2.09. The lowest BCUT2D eigenvalue weighted by molar-refractivity contribution is 0.0959. The first-order chi connectivity index (χ1) is 11.6. The Morgan fingerprint density at radius 3 is 2.54 bits per heavy atom. The summed E-state index contributed by atoms with van der Waals surface area (Å²) >= 11 is 0. The molecule has 0 fully saturated rings. The second-order valence-electron chi connectivity index (χ2n) is 5.98. The van der Waals surface area contributed by atoms with Gasteiger partial charge in [-0.3, -0.25) is 9.36 Å². The molecule has 0 radical (unpaired) electrons. The van der Waals surface area contributed by atoms with Gasteiger partial charge in [0.15, 0.2) is 0 Å². The van der Waals surface area contributed by atoms with Crippen molar-refractivity contribution in [1.82, 2.24) is 9.55 Å². The van der Waals surface area contributed by atoms with Crippen molar-refractivity contribution >= 4 is 5.91 Å². The lowest BCUT2D eigenvalue weighted by Gasteiger charge is -2.06. The monoisotopic (exact) mass is 324 g/mol. The van der Waals surface area contributed by atoms with Crippen LogP contribution in [0, 0.1) is 0 Å². The van der Waals surface area contributed by atoms with Crippen LogP contribution in [0.1, 0.15) is 44.0 Å².